The summed E-state index contributed by atoms with van der Waals surface area (Å²) in [5.74, 6) is -3.39. The number of carbonyl (C=O) groups is 1. The summed E-state index contributed by atoms with van der Waals surface area (Å²) in [7, 11) is 0.969. The molecule has 2 unspecified atom stereocenters. The summed E-state index contributed by atoms with van der Waals surface area (Å²) in [6, 6.07) is 7.83. The maximum atomic E-state index is 12.5. The standard InChI is InChI=1S/C21H20O12/c1-30-21(29)19(20(27)28)33-15(8-22)32-14-7-13-16(18(26)17(14)25)11(24)6-12(31-13)9-2-4-10(23)5-3-9/h2-7,15,19-20,22-23,25-28H,8H2,1H3. The van der Waals surface area contributed by atoms with Crippen LogP contribution in [0.25, 0.3) is 22.3 Å². The number of fused-ring (bicyclic) bond motifs is 1. The number of aromatic hydroxyl groups is 3. The fourth-order valence-electron chi connectivity index (χ4n) is 2.90. The third-order valence-corrected chi connectivity index (χ3v) is 4.49. The molecule has 0 aliphatic rings. The average molecular weight is 464 g/mol. The van der Waals surface area contributed by atoms with Gasteiger partial charge in [-0.3, -0.25) is 4.79 Å². The van der Waals surface area contributed by atoms with E-state index in [1.54, 1.807) is 0 Å². The number of benzene rings is 2. The molecule has 0 fully saturated rings. The van der Waals surface area contributed by atoms with Gasteiger partial charge >= 0.3 is 5.97 Å². The first-order valence-corrected chi connectivity index (χ1v) is 9.35. The summed E-state index contributed by atoms with van der Waals surface area (Å²) in [5.41, 5.74) is -0.474. The summed E-state index contributed by atoms with van der Waals surface area (Å²) >= 11 is 0. The molecule has 3 rings (SSSR count). The van der Waals surface area contributed by atoms with E-state index in [4.69, 9.17) is 13.9 Å². The molecule has 0 amide bonds. The van der Waals surface area contributed by atoms with Crippen molar-refractivity contribution in [1.82, 2.24) is 0 Å². The van der Waals surface area contributed by atoms with Crippen LogP contribution in [0.5, 0.6) is 23.0 Å². The summed E-state index contributed by atoms with van der Waals surface area (Å²) in [4.78, 5) is 24.2. The fourth-order valence-corrected chi connectivity index (χ4v) is 2.90. The zero-order chi connectivity index (χ0) is 24.3. The van der Waals surface area contributed by atoms with Crippen LogP contribution in [-0.4, -0.2) is 69.0 Å². The third-order valence-electron chi connectivity index (χ3n) is 4.49. The van der Waals surface area contributed by atoms with Gasteiger partial charge in [-0.2, -0.15) is 0 Å². The van der Waals surface area contributed by atoms with Crippen LogP contribution >= 0.6 is 0 Å². The molecule has 6 N–H and O–H groups in total. The SMILES string of the molecule is COC(=O)C(OC(CO)Oc1cc2oc(-c3ccc(O)cc3)cc(=O)c2c(O)c1O)C(O)O. The number of phenolic OH excluding ortho intramolecular Hbond substituents is 3. The molecule has 0 spiro atoms. The van der Waals surface area contributed by atoms with Gasteiger partial charge in [0.05, 0.1) is 7.11 Å². The number of esters is 1. The van der Waals surface area contributed by atoms with E-state index in [1.165, 1.54) is 24.3 Å². The van der Waals surface area contributed by atoms with Crippen molar-refractivity contribution in [1.29, 1.82) is 0 Å². The molecule has 12 nitrogen and oxygen atoms in total. The summed E-state index contributed by atoms with van der Waals surface area (Å²) in [6.45, 7) is -0.921. The van der Waals surface area contributed by atoms with Gasteiger partial charge in [0, 0.05) is 17.7 Å². The van der Waals surface area contributed by atoms with Crippen LogP contribution in [0, 0.1) is 0 Å². The lowest BCUT2D eigenvalue weighted by molar-refractivity contribution is -0.222. The van der Waals surface area contributed by atoms with Gasteiger partial charge in [-0.15, -0.1) is 0 Å². The van der Waals surface area contributed by atoms with Crippen LogP contribution in [0.1, 0.15) is 0 Å². The second kappa shape index (κ2) is 9.75. The zero-order valence-electron chi connectivity index (χ0n) is 17.0. The molecule has 0 radical (unpaired) electrons. The van der Waals surface area contributed by atoms with Crippen molar-refractivity contribution in [2.75, 3.05) is 13.7 Å². The normalized spacial score (nSPS) is 13.1. The average Bonchev–Trinajstić information content (AvgIpc) is 2.78. The van der Waals surface area contributed by atoms with Gasteiger partial charge in [0.15, 0.2) is 23.2 Å². The Bertz CT molecular complexity index is 1200. The van der Waals surface area contributed by atoms with Gasteiger partial charge in [0.2, 0.25) is 18.1 Å². The van der Waals surface area contributed by atoms with Crippen molar-refractivity contribution < 1.29 is 54.1 Å². The van der Waals surface area contributed by atoms with Gasteiger partial charge in [0.25, 0.3) is 0 Å². The van der Waals surface area contributed by atoms with Crippen LogP contribution < -0.4 is 10.2 Å². The van der Waals surface area contributed by atoms with Crippen molar-refractivity contribution in [3.05, 3.63) is 46.6 Å². The summed E-state index contributed by atoms with van der Waals surface area (Å²) in [6.07, 6.45) is -6.01. The molecular weight excluding hydrogens is 444 g/mol. The van der Waals surface area contributed by atoms with E-state index in [2.05, 4.69) is 4.74 Å². The van der Waals surface area contributed by atoms with E-state index in [0.717, 1.165) is 19.2 Å². The van der Waals surface area contributed by atoms with Crippen LogP contribution in [-0.2, 0) is 14.3 Å². The van der Waals surface area contributed by atoms with Gasteiger partial charge in [-0.25, -0.2) is 4.79 Å². The Morgan fingerprint density at radius 3 is 2.30 bits per heavy atom. The van der Waals surface area contributed by atoms with Gasteiger partial charge in [-0.05, 0) is 24.3 Å². The molecule has 1 heterocycles. The number of hydrogen-bond donors (Lipinski definition) is 6. The van der Waals surface area contributed by atoms with Crippen LogP contribution in [0.15, 0.2) is 45.6 Å². The van der Waals surface area contributed by atoms with Crippen molar-refractivity contribution in [3.63, 3.8) is 0 Å². The molecule has 1 aromatic heterocycles. The summed E-state index contributed by atoms with van der Waals surface area (Å²) < 4.78 is 20.3. The molecule has 2 aromatic carbocycles. The number of phenols is 3. The Morgan fingerprint density at radius 2 is 1.73 bits per heavy atom. The molecule has 12 heteroatoms. The first kappa shape index (κ1) is 23.8. The number of hydrogen-bond acceptors (Lipinski definition) is 12. The molecule has 3 aromatic rings. The zero-order valence-corrected chi connectivity index (χ0v) is 17.0. The monoisotopic (exact) mass is 464 g/mol. The topological polar surface area (TPSA) is 196 Å². The minimum atomic E-state index is -2.32. The van der Waals surface area contributed by atoms with Crippen molar-refractivity contribution >= 4 is 16.9 Å². The van der Waals surface area contributed by atoms with Crippen molar-refractivity contribution in [2.24, 2.45) is 0 Å². The lowest BCUT2D eigenvalue weighted by Gasteiger charge is -2.24. The number of aliphatic hydroxyl groups excluding tert-OH is 2. The van der Waals surface area contributed by atoms with Crippen LogP contribution in [0.3, 0.4) is 0 Å². The maximum absolute atomic E-state index is 12.5. The minimum Gasteiger partial charge on any atom is -0.508 e. The Balaban J connectivity index is 2.02. The lowest BCUT2D eigenvalue weighted by Crippen LogP contribution is -2.42. The highest BCUT2D eigenvalue weighted by atomic mass is 16.7. The quantitative estimate of drug-likeness (QED) is 0.150. The molecular formula is C21H20O12. The molecule has 0 bridgehead atoms. The minimum absolute atomic E-state index is 0.00607. The smallest absolute Gasteiger partial charge is 0.340 e. The first-order valence-electron chi connectivity index (χ1n) is 9.35. The molecule has 33 heavy (non-hydrogen) atoms. The number of ether oxygens (including phenoxy) is 3. The number of methoxy groups -OCH3 is 1. The Kier molecular flexibility index (Phi) is 7.04. The predicted molar refractivity (Wildman–Crippen MR) is 110 cm³/mol. The largest absolute Gasteiger partial charge is 0.508 e. The maximum Gasteiger partial charge on any atom is 0.340 e. The van der Waals surface area contributed by atoms with E-state index in [1.807, 2.05) is 0 Å². The summed E-state index contributed by atoms with van der Waals surface area (Å²) in [5, 5.41) is 57.7. The number of aliphatic hydroxyl groups is 3. The Morgan fingerprint density at radius 1 is 1.06 bits per heavy atom. The number of carbonyl (C=O) groups excluding carboxylic acids is 1. The van der Waals surface area contributed by atoms with Crippen molar-refractivity contribution in [2.45, 2.75) is 18.7 Å². The highest BCUT2D eigenvalue weighted by Gasteiger charge is 2.32. The molecule has 2 atom stereocenters. The molecule has 176 valence electrons. The van der Waals surface area contributed by atoms with E-state index < -0.39 is 53.9 Å². The lowest BCUT2D eigenvalue weighted by atomic mass is 10.1. The third kappa shape index (κ3) is 4.99. The molecule has 0 aliphatic carbocycles. The van der Waals surface area contributed by atoms with Gasteiger partial charge in [0.1, 0.15) is 29.1 Å². The van der Waals surface area contributed by atoms with E-state index in [-0.39, 0.29) is 22.5 Å². The second-order valence-electron chi connectivity index (χ2n) is 6.69. The van der Waals surface area contributed by atoms with E-state index >= 15 is 0 Å². The van der Waals surface area contributed by atoms with E-state index in [9.17, 15) is 40.2 Å². The second-order valence-corrected chi connectivity index (χ2v) is 6.69. The van der Waals surface area contributed by atoms with Gasteiger partial charge < -0.3 is 49.3 Å². The van der Waals surface area contributed by atoms with Gasteiger partial charge in [-0.1, -0.05) is 0 Å². The van der Waals surface area contributed by atoms with Crippen LogP contribution in [0.4, 0.5) is 0 Å². The molecule has 0 saturated carbocycles. The van der Waals surface area contributed by atoms with E-state index in [0.29, 0.717) is 5.56 Å². The highest BCUT2D eigenvalue weighted by molar-refractivity contribution is 5.89. The molecule has 0 saturated heterocycles. The van der Waals surface area contributed by atoms with Crippen molar-refractivity contribution in [3.8, 4) is 34.3 Å². The Labute approximate surface area is 185 Å². The fraction of sp³-hybridized carbons (Fsp3) is 0.238. The highest BCUT2D eigenvalue weighted by Crippen LogP contribution is 2.42. The number of rotatable bonds is 8. The first-order chi connectivity index (χ1) is 15.7. The predicted octanol–water partition coefficient (Wildman–Crippen LogP) is 0.143. The van der Waals surface area contributed by atoms with Crippen LogP contribution in [0.2, 0.25) is 0 Å². The molecule has 0 aliphatic heterocycles. The Hall–Kier alpha value is -3.84.